The molecule has 0 aliphatic heterocycles. The minimum Gasteiger partial charge on any atom is -0.396 e. The van der Waals surface area contributed by atoms with Crippen LogP contribution in [0, 0.1) is 12.3 Å². The summed E-state index contributed by atoms with van der Waals surface area (Å²) >= 11 is 0. The zero-order chi connectivity index (χ0) is 15.3. The number of rotatable bonds is 9. The van der Waals surface area contributed by atoms with Crippen LogP contribution in [0.2, 0.25) is 0 Å². The van der Waals surface area contributed by atoms with E-state index in [1.807, 2.05) is 0 Å². The smallest absolute Gasteiger partial charge is 0.134 e. The summed E-state index contributed by atoms with van der Waals surface area (Å²) in [7, 11) is 0. The number of aryl methyl sites for hydroxylation is 1. The number of aliphatic hydroxyl groups excluding tert-OH is 1. The Hall–Kier alpha value is -1.36. The first-order valence-electron chi connectivity index (χ1n) is 8.10. The van der Waals surface area contributed by atoms with Gasteiger partial charge in [-0.2, -0.15) is 0 Å². The summed E-state index contributed by atoms with van der Waals surface area (Å²) in [4.78, 5) is 9.28. The summed E-state index contributed by atoms with van der Waals surface area (Å²) in [6.45, 7) is 8.30. The second-order valence-electron chi connectivity index (χ2n) is 6.07. The summed E-state index contributed by atoms with van der Waals surface area (Å²) in [5, 5.41) is 16.0. The summed E-state index contributed by atoms with van der Waals surface area (Å²) in [6, 6.07) is 0. The number of aromatic nitrogens is 2. The number of hydrogen-bond donors (Lipinski definition) is 3. The van der Waals surface area contributed by atoms with Crippen LogP contribution < -0.4 is 10.6 Å². The van der Waals surface area contributed by atoms with E-state index >= 15 is 0 Å². The van der Waals surface area contributed by atoms with Crippen molar-refractivity contribution < 1.29 is 5.11 Å². The maximum Gasteiger partial charge on any atom is 0.134 e. The monoisotopic (exact) mass is 292 g/mol. The van der Waals surface area contributed by atoms with Crippen LogP contribution in [-0.4, -0.2) is 34.8 Å². The van der Waals surface area contributed by atoms with Gasteiger partial charge in [0.15, 0.2) is 0 Å². The fraction of sp³-hybridized carbons (Fsp3) is 0.750. The van der Waals surface area contributed by atoms with E-state index in [2.05, 4.69) is 41.4 Å². The van der Waals surface area contributed by atoms with Crippen LogP contribution in [0.4, 0.5) is 11.6 Å². The van der Waals surface area contributed by atoms with Gasteiger partial charge in [-0.15, -0.1) is 0 Å². The molecule has 0 spiro atoms. The van der Waals surface area contributed by atoms with Gasteiger partial charge in [-0.3, -0.25) is 0 Å². The molecule has 1 saturated carbocycles. The van der Waals surface area contributed by atoms with Crippen LogP contribution in [0.25, 0.3) is 0 Å². The molecule has 5 heteroatoms. The van der Waals surface area contributed by atoms with E-state index in [0.29, 0.717) is 0 Å². The predicted molar refractivity (Wildman–Crippen MR) is 86.8 cm³/mol. The largest absolute Gasteiger partial charge is 0.396 e. The minimum atomic E-state index is 0.272. The zero-order valence-corrected chi connectivity index (χ0v) is 13.5. The second-order valence-corrected chi connectivity index (χ2v) is 6.07. The van der Waals surface area contributed by atoms with Gasteiger partial charge in [0.05, 0.1) is 0 Å². The average Bonchev–Trinajstić information content (AvgIpc) is 3.22. The van der Waals surface area contributed by atoms with Crippen molar-refractivity contribution in [3.8, 4) is 0 Å². The Morgan fingerprint density at radius 2 is 1.81 bits per heavy atom. The standard InChI is InChI=1S/C16H28N4O/c1-4-6-13-19-14(17-5-2)12(3)15(20-13)18-11-16(7-8-16)9-10-21/h21H,4-11H2,1-3H3,(H2,17,18,19,20). The highest BCUT2D eigenvalue weighted by atomic mass is 16.3. The minimum absolute atomic E-state index is 0.272. The topological polar surface area (TPSA) is 70.1 Å². The number of hydrogen-bond acceptors (Lipinski definition) is 5. The van der Waals surface area contributed by atoms with Gasteiger partial charge in [-0.05, 0) is 44.9 Å². The van der Waals surface area contributed by atoms with E-state index in [0.717, 1.165) is 55.4 Å². The van der Waals surface area contributed by atoms with E-state index in [1.54, 1.807) is 0 Å². The lowest BCUT2D eigenvalue weighted by molar-refractivity contribution is 0.253. The summed E-state index contributed by atoms with van der Waals surface area (Å²) < 4.78 is 0. The Labute approximate surface area is 127 Å². The van der Waals surface area contributed by atoms with Crippen molar-refractivity contribution in [1.29, 1.82) is 0 Å². The molecule has 2 rings (SSSR count). The lowest BCUT2D eigenvalue weighted by Gasteiger charge is -2.18. The number of aliphatic hydroxyl groups is 1. The van der Waals surface area contributed by atoms with Gasteiger partial charge in [0.25, 0.3) is 0 Å². The molecule has 21 heavy (non-hydrogen) atoms. The van der Waals surface area contributed by atoms with E-state index < -0.39 is 0 Å². The molecule has 0 aromatic carbocycles. The van der Waals surface area contributed by atoms with Crippen molar-refractivity contribution >= 4 is 11.6 Å². The Morgan fingerprint density at radius 1 is 1.14 bits per heavy atom. The van der Waals surface area contributed by atoms with Crippen molar-refractivity contribution in [3.63, 3.8) is 0 Å². The van der Waals surface area contributed by atoms with Crippen LogP contribution in [0.15, 0.2) is 0 Å². The first-order valence-corrected chi connectivity index (χ1v) is 8.10. The van der Waals surface area contributed by atoms with E-state index in [9.17, 15) is 0 Å². The molecule has 5 nitrogen and oxygen atoms in total. The molecule has 1 aliphatic carbocycles. The highest BCUT2D eigenvalue weighted by Gasteiger charge is 2.41. The van der Waals surface area contributed by atoms with E-state index in [-0.39, 0.29) is 12.0 Å². The van der Waals surface area contributed by atoms with Crippen LogP contribution in [0.5, 0.6) is 0 Å². The van der Waals surface area contributed by atoms with Gasteiger partial charge in [0, 0.05) is 31.7 Å². The molecule has 1 fully saturated rings. The highest BCUT2D eigenvalue weighted by molar-refractivity contribution is 5.57. The van der Waals surface area contributed by atoms with Gasteiger partial charge >= 0.3 is 0 Å². The third-order valence-electron chi connectivity index (χ3n) is 4.24. The number of nitrogens with one attached hydrogen (secondary N) is 2. The number of nitrogens with zero attached hydrogens (tertiary/aromatic N) is 2. The summed E-state index contributed by atoms with van der Waals surface area (Å²) in [5.74, 6) is 2.77. The van der Waals surface area contributed by atoms with Crippen LogP contribution in [0.3, 0.4) is 0 Å². The Balaban J connectivity index is 2.12. The zero-order valence-electron chi connectivity index (χ0n) is 13.5. The third-order valence-corrected chi connectivity index (χ3v) is 4.24. The molecule has 0 radical (unpaired) electrons. The first kappa shape index (κ1) is 16.0. The van der Waals surface area contributed by atoms with Gasteiger partial charge in [-0.1, -0.05) is 6.92 Å². The molecule has 0 atom stereocenters. The number of anilines is 2. The van der Waals surface area contributed by atoms with Crippen molar-refractivity contribution in [2.24, 2.45) is 5.41 Å². The molecule has 118 valence electrons. The quantitative estimate of drug-likeness (QED) is 0.653. The predicted octanol–water partition coefficient (Wildman–Crippen LogP) is 2.74. The molecular weight excluding hydrogens is 264 g/mol. The molecule has 1 aliphatic rings. The molecular formula is C16H28N4O. The normalized spacial score (nSPS) is 15.8. The van der Waals surface area contributed by atoms with Gasteiger partial charge < -0.3 is 15.7 Å². The molecule has 1 aromatic heterocycles. The lowest BCUT2D eigenvalue weighted by Crippen LogP contribution is -2.19. The maximum absolute atomic E-state index is 9.16. The molecule has 0 saturated heterocycles. The second kappa shape index (κ2) is 7.07. The van der Waals surface area contributed by atoms with E-state index in [1.165, 1.54) is 12.8 Å². The lowest BCUT2D eigenvalue weighted by atomic mass is 10.0. The molecule has 0 bridgehead atoms. The Morgan fingerprint density at radius 3 is 2.33 bits per heavy atom. The van der Waals surface area contributed by atoms with Crippen molar-refractivity contribution in [2.75, 3.05) is 30.3 Å². The van der Waals surface area contributed by atoms with Crippen molar-refractivity contribution in [3.05, 3.63) is 11.4 Å². The molecule has 0 unspecified atom stereocenters. The van der Waals surface area contributed by atoms with Crippen molar-refractivity contribution in [2.45, 2.75) is 52.9 Å². The SMILES string of the molecule is CCCc1nc(NCC)c(C)c(NCC2(CCO)CC2)n1. The average molecular weight is 292 g/mol. The van der Waals surface area contributed by atoms with Crippen molar-refractivity contribution in [1.82, 2.24) is 9.97 Å². The third kappa shape index (κ3) is 4.06. The molecule has 3 N–H and O–H groups in total. The summed E-state index contributed by atoms with van der Waals surface area (Å²) in [6.07, 6.45) is 5.23. The van der Waals surface area contributed by atoms with Crippen LogP contribution in [0.1, 0.15) is 50.9 Å². The molecule has 1 heterocycles. The maximum atomic E-state index is 9.16. The fourth-order valence-electron chi connectivity index (χ4n) is 2.61. The highest BCUT2D eigenvalue weighted by Crippen LogP contribution is 2.48. The molecule has 0 amide bonds. The Bertz CT molecular complexity index is 472. The van der Waals surface area contributed by atoms with Gasteiger partial charge in [0.1, 0.15) is 17.5 Å². The van der Waals surface area contributed by atoms with Crippen LogP contribution >= 0.6 is 0 Å². The van der Waals surface area contributed by atoms with Gasteiger partial charge in [-0.25, -0.2) is 9.97 Å². The van der Waals surface area contributed by atoms with Crippen LogP contribution in [-0.2, 0) is 6.42 Å². The summed E-state index contributed by atoms with van der Waals surface area (Å²) in [5.41, 5.74) is 1.37. The fourth-order valence-corrected chi connectivity index (χ4v) is 2.61. The van der Waals surface area contributed by atoms with Gasteiger partial charge in [0.2, 0.25) is 0 Å². The first-order chi connectivity index (χ1) is 10.1. The molecule has 1 aromatic rings. The van der Waals surface area contributed by atoms with E-state index in [4.69, 9.17) is 5.11 Å². The Kier molecular flexibility index (Phi) is 5.39.